The fourth-order valence-electron chi connectivity index (χ4n) is 2.03. The van der Waals surface area contributed by atoms with Crippen LogP contribution in [0.1, 0.15) is 18.1 Å². The van der Waals surface area contributed by atoms with Crippen molar-refractivity contribution in [1.82, 2.24) is 0 Å². The summed E-state index contributed by atoms with van der Waals surface area (Å²) in [6, 6.07) is 13.3. The lowest BCUT2D eigenvalue weighted by atomic mass is 10.1. The summed E-state index contributed by atoms with van der Waals surface area (Å²) >= 11 is 3.41. The molecule has 20 heavy (non-hydrogen) atoms. The van der Waals surface area contributed by atoms with Crippen LogP contribution in [0.4, 0.5) is 16.2 Å². The monoisotopic (exact) mass is 332 g/mol. The number of aryl methyl sites for hydroxylation is 2. The van der Waals surface area contributed by atoms with Gasteiger partial charge in [-0.1, -0.05) is 37.3 Å². The standard InChI is InChI=1S/C16H17BrN2O/c1-3-12-8-6-7-11(2)15(12)19-16(20)18-14-10-5-4-9-13(14)17/h4-10H,3H2,1-2H3,(H2,18,19,20). The molecule has 0 bridgehead atoms. The van der Waals surface area contributed by atoms with Crippen molar-refractivity contribution < 1.29 is 4.79 Å². The Morgan fingerprint density at radius 3 is 2.55 bits per heavy atom. The summed E-state index contributed by atoms with van der Waals surface area (Å²) in [5.41, 5.74) is 3.83. The fraction of sp³-hybridized carbons (Fsp3) is 0.188. The molecule has 0 atom stereocenters. The summed E-state index contributed by atoms with van der Waals surface area (Å²) in [6.45, 7) is 4.07. The van der Waals surface area contributed by atoms with Crippen LogP contribution in [0.25, 0.3) is 0 Å². The average Bonchev–Trinajstić information content (AvgIpc) is 2.43. The second-order valence-electron chi connectivity index (χ2n) is 4.52. The minimum absolute atomic E-state index is 0.235. The molecule has 0 radical (unpaired) electrons. The van der Waals surface area contributed by atoms with Gasteiger partial charge in [0.05, 0.1) is 5.69 Å². The predicted molar refractivity (Wildman–Crippen MR) is 87.3 cm³/mol. The Balaban J connectivity index is 2.15. The van der Waals surface area contributed by atoms with Gasteiger partial charge in [-0.2, -0.15) is 0 Å². The minimum Gasteiger partial charge on any atom is -0.307 e. The lowest BCUT2D eigenvalue weighted by Gasteiger charge is -2.14. The summed E-state index contributed by atoms with van der Waals surface area (Å²) < 4.78 is 0.857. The molecule has 2 rings (SSSR count). The molecular formula is C16H17BrN2O. The molecule has 2 amide bonds. The molecule has 0 saturated carbocycles. The van der Waals surface area contributed by atoms with Gasteiger partial charge in [0.1, 0.15) is 0 Å². The number of urea groups is 1. The highest BCUT2D eigenvalue weighted by Crippen LogP contribution is 2.23. The number of amides is 2. The molecule has 2 N–H and O–H groups in total. The Hall–Kier alpha value is -1.81. The van der Waals surface area contributed by atoms with Gasteiger partial charge in [-0.25, -0.2) is 4.79 Å². The van der Waals surface area contributed by atoms with E-state index >= 15 is 0 Å². The van der Waals surface area contributed by atoms with Crippen molar-refractivity contribution in [3.8, 4) is 0 Å². The maximum absolute atomic E-state index is 12.1. The van der Waals surface area contributed by atoms with Gasteiger partial charge in [0.2, 0.25) is 0 Å². The predicted octanol–water partition coefficient (Wildman–Crippen LogP) is 4.96. The van der Waals surface area contributed by atoms with Crippen LogP contribution in [-0.2, 0) is 6.42 Å². The van der Waals surface area contributed by atoms with Crippen molar-refractivity contribution in [3.05, 3.63) is 58.1 Å². The SMILES string of the molecule is CCc1cccc(C)c1NC(=O)Nc1ccccc1Br. The van der Waals surface area contributed by atoms with E-state index in [1.165, 1.54) is 0 Å². The molecule has 0 aliphatic carbocycles. The van der Waals surface area contributed by atoms with Crippen molar-refractivity contribution in [3.63, 3.8) is 0 Å². The second kappa shape index (κ2) is 6.57. The van der Waals surface area contributed by atoms with Crippen molar-refractivity contribution in [2.45, 2.75) is 20.3 Å². The van der Waals surface area contributed by atoms with Crippen molar-refractivity contribution in [2.24, 2.45) is 0 Å². The first-order valence-electron chi connectivity index (χ1n) is 6.53. The third-order valence-corrected chi connectivity index (χ3v) is 3.79. The van der Waals surface area contributed by atoms with E-state index in [9.17, 15) is 4.79 Å². The molecule has 0 unspecified atom stereocenters. The molecule has 3 nitrogen and oxygen atoms in total. The van der Waals surface area contributed by atoms with Crippen molar-refractivity contribution in [1.29, 1.82) is 0 Å². The van der Waals surface area contributed by atoms with Crippen molar-refractivity contribution in [2.75, 3.05) is 10.6 Å². The molecule has 0 heterocycles. The number of nitrogens with one attached hydrogen (secondary N) is 2. The number of halogens is 1. The molecule has 0 saturated heterocycles. The molecular weight excluding hydrogens is 316 g/mol. The van der Waals surface area contributed by atoms with E-state index in [4.69, 9.17) is 0 Å². The van der Waals surface area contributed by atoms with Crippen LogP contribution in [0.3, 0.4) is 0 Å². The fourth-order valence-corrected chi connectivity index (χ4v) is 2.42. The molecule has 0 aliphatic rings. The first kappa shape index (κ1) is 14.6. The molecule has 0 spiro atoms. The molecule has 104 valence electrons. The van der Waals surface area contributed by atoms with E-state index in [1.54, 1.807) is 0 Å². The largest absolute Gasteiger partial charge is 0.323 e. The summed E-state index contributed by atoms with van der Waals surface area (Å²) in [4.78, 5) is 12.1. The smallest absolute Gasteiger partial charge is 0.307 e. The van der Waals surface area contributed by atoms with Crippen LogP contribution in [-0.4, -0.2) is 6.03 Å². The number of carbonyl (C=O) groups excluding carboxylic acids is 1. The maximum Gasteiger partial charge on any atom is 0.323 e. The number of benzene rings is 2. The van der Waals surface area contributed by atoms with Crippen molar-refractivity contribution >= 4 is 33.3 Å². The first-order chi connectivity index (χ1) is 9.61. The van der Waals surface area contributed by atoms with E-state index < -0.39 is 0 Å². The van der Waals surface area contributed by atoms with Crippen LogP contribution in [0.2, 0.25) is 0 Å². The van der Waals surface area contributed by atoms with E-state index in [0.717, 1.165) is 33.4 Å². The Morgan fingerprint density at radius 1 is 1.10 bits per heavy atom. The summed E-state index contributed by atoms with van der Waals surface area (Å²) in [7, 11) is 0. The van der Waals surface area contributed by atoms with Crippen LogP contribution in [0.15, 0.2) is 46.9 Å². The molecule has 0 aromatic heterocycles. The summed E-state index contributed by atoms with van der Waals surface area (Å²) in [5.74, 6) is 0. The summed E-state index contributed by atoms with van der Waals surface area (Å²) in [6.07, 6.45) is 0.881. The highest BCUT2D eigenvalue weighted by atomic mass is 79.9. The number of anilines is 2. The maximum atomic E-state index is 12.1. The van der Waals surface area contributed by atoms with Crippen LogP contribution in [0, 0.1) is 6.92 Å². The number of hydrogen-bond donors (Lipinski definition) is 2. The second-order valence-corrected chi connectivity index (χ2v) is 5.38. The van der Waals surface area contributed by atoms with E-state index in [0.29, 0.717) is 0 Å². The van der Waals surface area contributed by atoms with E-state index in [1.807, 2.05) is 49.4 Å². The Bertz CT molecular complexity index is 626. The lowest BCUT2D eigenvalue weighted by molar-refractivity contribution is 0.262. The van der Waals surface area contributed by atoms with Gasteiger partial charge in [-0.3, -0.25) is 0 Å². The number of para-hydroxylation sites is 2. The molecule has 0 aliphatic heterocycles. The third kappa shape index (κ3) is 3.39. The zero-order valence-corrected chi connectivity index (χ0v) is 13.1. The summed E-state index contributed by atoms with van der Waals surface area (Å²) in [5, 5.41) is 5.77. The van der Waals surface area contributed by atoms with Gasteiger partial charge < -0.3 is 10.6 Å². The van der Waals surface area contributed by atoms with E-state index in [2.05, 4.69) is 33.5 Å². The molecule has 2 aromatic rings. The highest BCUT2D eigenvalue weighted by molar-refractivity contribution is 9.10. The Morgan fingerprint density at radius 2 is 1.85 bits per heavy atom. The van der Waals surface area contributed by atoms with Gasteiger partial charge >= 0.3 is 6.03 Å². The molecule has 4 heteroatoms. The third-order valence-electron chi connectivity index (χ3n) is 3.10. The van der Waals surface area contributed by atoms with Gasteiger partial charge in [0.25, 0.3) is 0 Å². The van der Waals surface area contributed by atoms with Gasteiger partial charge in [-0.05, 0) is 52.5 Å². The van der Waals surface area contributed by atoms with Crippen LogP contribution < -0.4 is 10.6 Å². The number of rotatable bonds is 3. The highest BCUT2D eigenvalue weighted by Gasteiger charge is 2.09. The Labute approximate surface area is 127 Å². The van der Waals surface area contributed by atoms with Gasteiger partial charge in [0, 0.05) is 10.2 Å². The average molecular weight is 333 g/mol. The first-order valence-corrected chi connectivity index (χ1v) is 7.32. The Kier molecular flexibility index (Phi) is 4.79. The minimum atomic E-state index is -0.235. The topological polar surface area (TPSA) is 41.1 Å². The van der Waals surface area contributed by atoms with Crippen LogP contribution in [0.5, 0.6) is 0 Å². The van der Waals surface area contributed by atoms with Crippen LogP contribution >= 0.6 is 15.9 Å². The van der Waals surface area contributed by atoms with Gasteiger partial charge in [-0.15, -0.1) is 0 Å². The number of carbonyl (C=O) groups is 1. The quantitative estimate of drug-likeness (QED) is 0.819. The van der Waals surface area contributed by atoms with Gasteiger partial charge in [0.15, 0.2) is 0 Å². The normalized spacial score (nSPS) is 10.2. The molecule has 2 aromatic carbocycles. The zero-order valence-electron chi connectivity index (χ0n) is 11.5. The number of hydrogen-bond acceptors (Lipinski definition) is 1. The zero-order chi connectivity index (χ0) is 14.5. The van der Waals surface area contributed by atoms with E-state index in [-0.39, 0.29) is 6.03 Å². The molecule has 0 fully saturated rings. The lowest BCUT2D eigenvalue weighted by Crippen LogP contribution is -2.21.